The number of hydrogen-bond donors (Lipinski definition) is 3. The highest BCUT2D eigenvalue weighted by molar-refractivity contribution is 6.38. The number of amides is 1. The molecular weight excluding hydrogens is 496 g/mol. The first-order valence-corrected chi connectivity index (χ1v) is 13.0. The van der Waals surface area contributed by atoms with E-state index in [4.69, 9.17) is 15.8 Å². The van der Waals surface area contributed by atoms with E-state index in [-0.39, 0.29) is 42.1 Å². The summed E-state index contributed by atoms with van der Waals surface area (Å²) in [6.07, 6.45) is 10.2. The number of aliphatic imine (C=N–C) groups is 1. The summed E-state index contributed by atoms with van der Waals surface area (Å²) in [5, 5.41) is 16.3. The first-order chi connectivity index (χ1) is 19.0. The number of ketones is 1. The summed E-state index contributed by atoms with van der Waals surface area (Å²) >= 11 is 0. The zero-order valence-corrected chi connectivity index (χ0v) is 21.5. The molecule has 0 aliphatic carbocycles. The van der Waals surface area contributed by atoms with Crippen LogP contribution in [-0.2, 0) is 4.79 Å². The van der Waals surface area contributed by atoms with Crippen molar-refractivity contribution in [2.75, 3.05) is 18.9 Å². The molecule has 2 bridgehead atoms. The molecule has 3 aromatic heterocycles. The van der Waals surface area contributed by atoms with Crippen molar-refractivity contribution < 1.29 is 14.7 Å². The fraction of sp³-hybridized carbons (Fsp3) is 0.357. The number of nitrogens with one attached hydrogen (secondary N) is 1. The number of rotatable bonds is 4. The van der Waals surface area contributed by atoms with Crippen LogP contribution in [0.5, 0.6) is 0 Å². The van der Waals surface area contributed by atoms with Crippen molar-refractivity contribution in [3.8, 4) is 23.0 Å². The number of Topliss-reactive ketones (excluding diaryl/α,β-unsaturated/α-hetero) is 1. The van der Waals surface area contributed by atoms with Crippen LogP contribution in [-0.4, -0.2) is 72.3 Å². The monoisotopic (exact) mass is 524 g/mol. The number of aliphatic hydroxyl groups excluding tert-OH is 1. The van der Waals surface area contributed by atoms with Gasteiger partial charge in [0, 0.05) is 41.5 Å². The fourth-order valence-corrected chi connectivity index (χ4v) is 6.01. The smallest absolute Gasteiger partial charge is 0.289 e. The Morgan fingerprint density at radius 2 is 2.00 bits per heavy atom. The van der Waals surface area contributed by atoms with Gasteiger partial charge in [0.25, 0.3) is 5.91 Å². The Hall–Kier alpha value is -4.56. The van der Waals surface area contributed by atoms with Crippen molar-refractivity contribution in [2.24, 2.45) is 4.99 Å². The molecule has 2 atom stereocenters. The van der Waals surface area contributed by atoms with E-state index < -0.39 is 0 Å². The van der Waals surface area contributed by atoms with Gasteiger partial charge in [0.2, 0.25) is 0 Å². The first-order valence-electron chi connectivity index (χ1n) is 13.0. The SMILES string of the molecule is CC(=O)c1c(C2CC3CCC(C2)N3C(=O)C2=NCC=CN2)nc2c(-c3ccc(C#CCO)nc3)cnn2c1N. The van der Waals surface area contributed by atoms with Crippen LogP contribution in [0.4, 0.5) is 5.82 Å². The normalized spacial score (nSPS) is 21.7. The summed E-state index contributed by atoms with van der Waals surface area (Å²) in [7, 11) is 0. The molecule has 4 N–H and O–H groups in total. The Balaban J connectivity index is 1.36. The number of nitrogens with zero attached hydrogens (tertiary/aromatic N) is 6. The van der Waals surface area contributed by atoms with Gasteiger partial charge in [0.05, 0.1) is 24.0 Å². The van der Waals surface area contributed by atoms with Gasteiger partial charge in [-0.2, -0.15) is 9.61 Å². The molecule has 3 aliphatic heterocycles. The molecule has 6 rings (SSSR count). The summed E-state index contributed by atoms with van der Waals surface area (Å²) < 4.78 is 1.50. The number of aliphatic hydroxyl groups is 1. The topological polar surface area (TPSA) is 151 Å². The predicted molar refractivity (Wildman–Crippen MR) is 145 cm³/mol. The second-order valence-electron chi connectivity index (χ2n) is 10.0. The summed E-state index contributed by atoms with van der Waals surface area (Å²) in [4.78, 5) is 41.8. The summed E-state index contributed by atoms with van der Waals surface area (Å²) in [6, 6.07) is 3.71. The lowest BCUT2D eigenvalue weighted by molar-refractivity contribution is -0.128. The van der Waals surface area contributed by atoms with Gasteiger partial charge in [-0.05, 0) is 56.7 Å². The Morgan fingerprint density at radius 3 is 2.64 bits per heavy atom. The Bertz CT molecular complexity index is 1580. The van der Waals surface area contributed by atoms with Gasteiger partial charge < -0.3 is 21.1 Å². The highest BCUT2D eigenvalue weighted by Crippen LogP contribution is 2.44. The molecule has 0 spiro atoms. The second kappa shape index (κ2) is 9.96. The first kappa shape index (κ1) is 24.8. The number of anilines is 1. The summed E-state index contributed by atoms with van der Waals surface area (Å²) in [6.45, 7) is 1.75. The van der Waals surface area contributed by atoms with Gasteiger partial charge in [-0.15, -0.1) is 0 Å². The molecule has 39 heavy (non-hydrogen) atoms. The quantitative estimate of drug-likeness (QED) is 0.344. The molecule has 0 radical (unpaired) electrons. The number of aromatic nitrogens is 4. The van der Waals surface area contributed by atoms with Gasteiger partial charge in [-0.25, -0.2) is 9.97 Å². The third-order valence-corrected chi connectivity index (χ3v) is 7.68. The molecule has 2 unspecified atom stereocenters. The van der Waals surface area contributed by atoms with E-state index in [0.717, 1.165) is 24.0 Å². The number of piperidine rings is 1. The molecule has 11 nitrogen and oxygen atoms in total. The third kappa shape index (κ3) is 4.32. The van der Waals surface area contributed by atoms with Gasteiger partial charge >= 0.3 is 0 Å². The van der Waals surface area contributed by atoms with Crippen molar-refractivity contribution in [3.05, 3.63) is 53.8 Å². The van der Waals surface area contributed by atoms with Crippen LogP contribution in [0.3, 0.4) is 0 Å². The molecular formula is C28H28N8O3. The lowest BCUT2D eigenvalue weighted by Gasteiger charge is -2.39. The third-order valence-electron chi connectivity index (χ3n) is 7.68. The fourth-order valence-electron chi connectivity index (χ4n) is 6.01. The minimum Gasteiger partial charge on any atom is -0.384 e. The van der Waals surface area contributed by atoms with Crippen molar-refractivity contribution in [3.63, 3.8) is 0 Å². The number of hydrogen-bond acceptors (Lipinski definition) is 9. The van der Waals surface area contributed by atoms with E-state index in [1.54, 1.807) is 24.7 Å². The zero-order chi connectivity index (χ0) is 27.1. The van der Waals surface area contributed by atoms with Crippen molar-refractivity contribution in [1.82, 2.24) is 29.8 Å². The van der Waals surface area contributed by atoms with E-state index in [0.29, 0.717) is 47.8 Å². The Morgan fingerprint density at radius 1 is 1.21 bits per heavy atom. The number of nitrogen functional groups attached to an aromatic ring is 1. The van der Waals surface area contributed by atoms with Gasteiger partial charge in [-0.1, -0.05) is 5.92 Å². The van der Waals surface area contributed by atoms with E-state index in [1.165, 1.54) is 11.4 Å². The molecule has 0 saturated carbocycles. The lowest BCUT2D eigenvalue weighted by Crippen LogP contribution is -2.51. The van der Waals surface area contributed by atoms with Gasteiger partial charge in [-0.3, -0.25) is 14.6 Å². The number of carbonyl (C=O) groups excluding carboxylic acids is 2. The maximum Gasteiger partial charge on any atom is 0.289 e. The van der Waals surface area contributed by atoms with Crippen LogP contribution in [0.25, 0.3) is 16.8 Å². The van der Waals surface area contributed by atoms with Crippen molar-refractivity contribution >= 4 is 29.0 Å². The number of amidine groups is 1. The molecule has 3 aliphatic rings. The summed E-state index contributed by atoms with van der Waals surface area (Å²) in [5.74, 6) is 5.74. The molecule has 0 aromatic carbocycles. The highest BCUT2D eigenvalue weighted by Gasteiger charge is 2.46. The highest BCUT2D eigenvalue weighted by atomic mass is 16.2. The zero-order valence-electron chi connectivity index (χ0n) is 21.5. The van der Waals surface area contributed by atoms with Crippen LogP contribution in [0.1, 0.15) is 60.3 Å². The Labute approximate surface area is 224 Å². The molecule has 2 fully saturated rings. The molecule has 3 aromatic rings. The largest absolute Gasteiger partial charge is 0.384 e. The van der Waals surface area contributed by atoms with Gasteiger partial charge in [0.1, 0.15) is 18.1 Å². The maximum atomic E-state index is 13.3. The number of pyridine rings is 1. The average molecular weight is 525 g/mol. The van der Waals surface area contributed by atoms with Crippen LogP contribution in [0.2, 0.25) is 0 Å². The van der Waals surface area contributed by atoms with Crippen LogP contribution < -0.4 is 11.1 Å². The van der Waals surface area contributed by atoms with Crippen molar-refractivity contribution in [2.45, 2.75) is 50.6 Å². The van der Waals surface area contributed by atoms with Crippen molar-refractivity contribution in [1.29, 1.82) is 0 Å². The minimum atomic E-state index is -0.236. The number of nitrogens with two attached hydrogens (primary N) is 1. The molecule has 11 heteroatoms. The maximum absolute atomic E-state index is 13.3. The predicted octanol–water partition coefficient (Wildman–Crippen LogP) is 1.67. The molecule has 6 heterocycles. The van der Waals surface area contributed by atoms with Crippen LogP contribution in [0.15, 0.2) is 41.8 Å². The number of fused-ring (bicyclic) bond motifs is 3. The molecule has 2 saturated heterocycles. The molecule has 198 valence electrons. The average Bonchev–Trinajstić information content (AvgIpc) is 3.50. The van der Waals surface area contributed by atoms with E-state index in [2.05, 4.69) is 32.2 Å². The minimum absolute atomic E-state index is 0.0316. The second-order valence-corrected chi connectivity index (χ2v) is 10.0. The van der Waals surface area contributed by atoms with E-state index >= 15 is 0 Å². The van der Waals surface area contributed by atoms with E-state index in [1.807, 2.05) is 17.0 Å². The lowest BCUT2D eigenvalue weighted by atomic mass is 9.85. The van der Waals surface area contributed by atoms with Crippen LogP contribution in [0, 0.1) is 11.8 Å². The Kier molecular flexibility index (Phi) is 6.32. The van der Waals surface area contributed by atoms with E-state index in [9.17, 15) is 9.59 Å². The standard InChI is InChI=1S/C28H28N8O3/c1-16(38)23-24(18-12-20-7-8-21(13-18)35(20)28(39)26-30-9-3-10-31-26)34-27-22(15-33-36(27)25(23)29)17-5-6-19(32-14-17)4-2-11-37/h3,5-6,9,14-15,18,20-21,37H,7-8,10-13,29H2,1H3,(H,30,31). The number of carbonyl (C=O) groups is 2. The van der Waals surface area contributed by atoms with Crippen LogP contribution >= 0.6 is 0 Å². The summed E-state index contributed by atoms with van der Waals surface area (Å²) in [5.41, 5.74) is 10.2. The molecule has 1 amide bonds. The van der Waals surface area contributed by atoms with Gasteiger partial charge in [0.15, 0.2) is 17.3 Å².